The number of aromatic nitrogens is 2. The van der Waals surface area contributed by atoms with Crippen LogP contribution in [0.15, 0.2) is 22.7 Å². The molecule has 118 valence electrons. The van der Waals surface area contributed by atoms with Gasteiger partial charge in [0.2, 0.25) is 5.82 Å². The van der Waals surface area contributed by atoms with Gasteiger partial charge in [-0.15, -0.1) is 0 Å². The zero-order valence-electron chi connectivity index (χ0n) is 11.4. The molecule has 2 aromatic rings. The number of nitrogens with one attached hydrogen (secondary N) is 1. The molecule has 1 saturated heterocycles. The summed E-state index contributed by atoms with van der Waals surface area (Å²) in [5.74, 6) is -1.54. The maximum atomic E-state index is 12.4. The molecule has 9 heteroatoms. The predicted molar refractivity (Wildman–Crippen MR) is 72.0 cm³/mol. The first-order valence-electron chi connectivity index (χ1n) is 6.60. The Morgan fingerprint density at radius 1 is 1.36 bits per heavy atom. The van der Waals surface area contributed by atoms with E-state index in [9.17, 15) is 13.2 Å². The lowest BCUT2D eigenvalue weighted by atomic mass is 10.1. The molecule has 0 unspecified atom stereocenters. The molecule has 2 heterocycles. The van der Waals surface area contributed by atoms with E-state index in [1.807, 2.05) is 0 Å². The van der Waals surface area contributed by atoms with Crippen molar-refractivity contribution in [3.05, 3.63) is 24.1 Å². The summed E-state index contributed by atoms with van der Waals surface area (Å²) in [6.45, 7) is 1.39. The third-order valence-corrected chi connectivity index (χ3v) is 3.29. The lowest BCUT2D eigenvalue weighted by Crippen LogP contribution is -2.33. The molecule has 0 saturated carbocycles. The van der Waals surface area contributed by atoms with Crippen molar-refractivity contribution < 1.29 is 22.4 Å². The van der Waals surface area contributed by atoms with Gasteiger partial charge in [0.15, 0.2) is 0 Å². The number of benzene rings is 1. The van der Waals surface area contributed by atoms with Crippen LogP contribution >= 0.6 is 0 Å². The van der Waals surface area contributed by atoms with E-state index in [1.165, 1.54) is 6.07 Å². The highest BCUT2D eigenvalue weighted by Gasteiger charge is 2.38. The van der Waals surface area contributed by atoms with Crippen molar-refractivity contribution in [1.82, 2.24) is 10.1 Å². The van der Waals surface area contributed by atoms with Crippen LogP contribution in [0.3, 0.4) is 0 Å². The molecule has 6 nitrogen and oxygen atoms in total. The largest absolute Gasteiger partial charge is 0.471 e. The summed E-state index contributed by atoms with van der Waals surface area (Å²) in [5.41, 5.74) is 7.30. The van der Waals surface area contributed by atoms with Crippen LogP contribution in [0, 0.1) is 0 Å². The van der Waals surface area contributed by atoms with Crippen LogP contribution in [0.2, 0.25) is 0 Å². The van der Waals surface area contributed by atoms with E-state index < -0.39 is 12.1 Å². The highest BCUT2D eigenvalue weighted by Crippen LogP contribution is 2.31. The Kier molecular flexibility index (Phi) is 3.65. The molecule has 3 N–H and O–H groups in total. The van der Waals surface area contributed by atoms with Gasteiger partial charge in [-0.3, -0.25) is 0 Å². The van der Waals surface area contributed by atoms with Gasteiger partial charge in [0.25, 0.3) is 0 Å². The first-order valence-corrected chi connectivity index (χ1v) is 6.60. The maximum Gasteiger partial charge on any atom is 0.471 e. The fourth-order valence-electron chi connectivity index (χ4n) is 1.99. The Hall–Kier alpha value is -2.29. The van der Waals surface area contributed by atoms with Crippen molar-refractivity contribution >= 4 is 11.4 Å². The van der Waals surface area contributed by atoms with E-state index in [0.29, 0.717) is 23.5 Å². The molecule has 1 aliphatic rings. The van der Waals surface area contributed by atoms with Crippen LogP contribution < -0.4 is 11.1 Å². The number of halogens is 3. The third-order valence-electron chi connectivity index (χ3n) is 3.29. The summed E-state index contributed by atoms with van der Waals surface area (Å²) in [7, 11) is 0. The van der Waals surface area contributed by atoms with Gasteiger partial charge < -0.3 is 20.3 Å². The van der Waals surface area contributed by atoms with E-state index in [0.717, 1.165) is 13.0 Å². The third kappa shape index (κ3) is 2.98. The van der Waals surface area contributed by atoms with Gasteiger partial charge in [-0.1, -0.05) is 5.16 Å². The lowest BCUT2D eigenvalue weighted by molar-refractivity contribution is -0.159. The number of hydrogen-bond acceptors (Lipinski definition) is 6. The molecule has 3 rings (SSSR count). The van der Waals surface area contributed by atoms with Crippen LogP contribution in [-0.2, 0) is 10.9 Å². The van der Waals surface area contributed by atoms with Gasteiger partial charge >= 0.3 is 12.1 Å². The van der Waals surface area contributed by atoms with Crippen LogP contribution in [0.1, 0.15) is 12.3 Å². The summed E-state index contributed by atoms with van der Waals surface area (Å²) < 4.78 is 46.8. The molecule has 22 heavy (non-hydrogen) atoms. The first-order chi connectivity index (χ1) is 10.4. The number of alkyl halides is 3. The normalized spacial score (nSPS) is 18.0. The highest BCUT2D eigenvalue weighted by molar-refractivity contribution is 5.73. The smallest absolute Gasteiger partial charge is 0.397 e. The van der Waals surface area contributed by atoms with Crippen molar-refractivity contribution in [2.45, 2.75) is 18.7 Å². The number of ether oxygens (including phenoxy) is 1. The molecule has 1 aromatic carbocycles. The average molecular weight is 314 g/mol. The van der Waals surface area contributed by atoms with Crippen molar-refractivity contribution in [1.29, 1.82) is 0 Å². The predicted octanol–water partition coefficient (Wildman–Crippen LogP) is 2.54. The second-order valence-electron chi connectivity index (χ2n) is 4.89. The van der Waals surface area contributed by atoms with Gasteiger partial charge in [0.05, 0.1) is 17.5 Å². The van der Waals surface area contributed by atoms with Crippen LogP contribution in [-0.4, -0.2) is 29.4 Å². The molecule has 0 bridgehead atoms. The van der Waals surface area contributed by atoms with Gasteiger partial charge in [0, 0.05) is 18.7 Å². The molecular weight excluding hydrogens is 301 g/mol. The van der Waals surface area contributed by atoms with Crippen molar-refractivity contribution in [2.75, 3.05) is 24.2 Å². The first kappa shape index (κ1) is 14.6. The Labute approximate surface area is 123 Å². The summed E-state index contributed by atoms with van der Waals surface area (Å²) in [6.07, 6.45) is -3.50. The Bertz CT molecular complexity index is 668. The zero-order chi connectivity index (χ0) is 15.7. The minimum atomic E-state index is -4.67. The van der Waals surface area contributed by atoms with Gasteiger partial charge in [0.1, 0.15) is 0 Å². The summed E-state index contributed by atoms with van der Waals surface area (Å²) >= 11 is 0. The van der Waals surface area contributed by atoms with Gasteiger partial charge in [-0.05, 0) is 24.6 Å². The molecule has 1 aliphatic heterocycles. The molecule has 0 spiro atoms. The number of nitrogen functional groups attached to an aromatic ring is 1. The molecule has 0 radical (unpaired) electrons. The second-order valence-corrected chi connectivity index (χ2v) is 4.89. The summed E-state index contributed by atoms with van der Waals surface area (Å²) in [4.78, 5) is 3.32. The zero-order valence-corrected chi connectivity index (χ0v) is 11.4. The number of nitrogens with two attached hydrogens (primary N) is 1. The Morgan fingerprint density at radius 3 is 2.68 bits per heavy atom. The van der Waals surface area contributed by atoms with E-state index in [1.54, 1.807) is 12.1 Å². The van der Waals surface area contributed by atoms with E-state index in [2.05, 4.69) is 20.0 Å². The maximum absolute atomic E-state index is 12.4. The van der Waals surface area contributed by atoms with E-state index >= 15 is 0 Å². The molecule has 0 amide bonds. The fourth-order valence-corrected chi connectivity index (χ4v) is 1.99. The molecular formula is C13H13F3N4O2. The van der Waals surface area contributed by atoms with Crippen molar-refractivity contribution in [3.63, 3.8) is 0 Å². The van der Waals surface area contributed by atoms with Crippen molar-refractivity contribution in [2.24, 2.45) is 0 Å². The second kappa shape index (κ2) is 5.48. The summed E-state index contributed by atoms with van der Waals surface area (Å²) in [5, 5.41) is 6.45. The Balaban J connectivity index is 1.74. The van der Waals surface area contributed by atoms with Crippen LogP contribution in [0.5, 0.6) is 0 Å². The fraction of sp³-hybridized carbons (Fsp3) is 0.385. The number of rotatable bonds is 4. The standard InChI is InChI=1S/C13H13F3N4O2/c14-13(15,16)12-19-11(20-22-12)7-1-2-10(9(17)5-7)18-6-8-3-4-21-8/h1-2,5,8,18H,3-4,6,17H2/t8-/m0/s1. The Morgan fingerprint density at radius 2 is 2.14 bits per heavy atom. The van der Waals surface area contributed by atoms with Gasteiger partial charge in [-0.2, -0.15) is 18.2 Å². The number of anilines is 2. The summed E-state index contributed by atoms with van der Waals surface area (Å²) in [6, 6.07) is 4.73. The lowest BCUT2D eigenvalue weighted by Gasteiger charge is -2.27. The number of hydrogen-bond donors (Lipinski definition) is 2. The minimum absolute atomic E-state index is 0.159. The monoisotopic (exact) mass is 314 g/mol. The molecule has 1 atom stereocenters. The minimum Gasteiger partial charge on any atom is -0.397 e. The van der Waals surface area contributed by atoms with Crippen molar-refractivity contribution in [3.8, 4) is 11.4 Å². The van der Waals surface area contributed by atoms with E-state index in [4.69, 9.17) is 10.5 Å². The van der Waals surface area contributed by atoms with Crippen LogP contribution in [0.25, 0.3) is 11.4 Å². The quantitative estimate of drug-likeness (QED) is 0.843. The SMILES string of the molecule is Nc1cc(-c2noc(C(F)(F)F)n2)ccc1NC[C@@H]1CCO1. The van der Waals surface area contributed by atoms with E-state index in [-0.39, 0.29) is 11.9 Å². The average Bonchev–Trinajstić information content (AvgIpc) is 2.88. The topological polar surface area (TPSA) is 86.2 Å². The highest BCUT2D eigenvalue weighted by atomic mass is 19.4. The van der Waals surface area contributed by atoms with Crippen LogP contribution in [0.4, 0.5) is 24.5 Å². The molecule has 0 aliphatic carbocycles. The molecule has 1 fully saturated rings. The molecule has 1 aromatic heterocycles. The van der Waals surface area contributed by atoms with Gasteiger partial charge in [-0.25, -0.2) is 0 Å². The number of nitrogens with zero attached hydrogens (tertiary/aromatic N) is 2.